The van der Waals surface area contributed by atoms with Crippen LogP contribution < -0.4 is 10.6 Å². The number of likely N-dealkylation sites (tertiary alicyclic amines) is 1. The van der Waals surface area contributed by atoms with Crippen molar-refractivity contribution in [3.05, 3.63) is 52.1 Å². The van der Waals surface area contributed by atoms with Gasteiger partial charge >= 0.3 is 0 Å². The summed E-state index contributed by atoms with van der Waals surface area (Å²) in [5, 5.41) is 5.63. The van der Waals surface area contributed by atoms with E-state index in [4.69, 9.17) is 4.42 Å². The van der Waals surface area contributed by atoms with Crippen LogP contribution in [0.3, 0.4) is 0 Å². The van der Waals surface area contributed by atoms with Crippen LogP contribution in [0.25, 0.3) is 0 Å². The summed E-state index contributed by atoms with van der Waals surface area (Å²) in [6, 6.07) is 5.92. The van der Waals surface area contributed by atoms with Crippen LogP contribution in [0, 0.1) is 12.7 Å². The largest absolute Gasteiger partial charge is 0.459 e. The van der Waals surface area contributed by atoms with Crippen LogP contribution in [-0.2, 0) is 4.79 Å². The molecule has 0 saturated carbocycles. The summed E-state index contributed by atoms with van der Waals surface area (Å²) in [5.74, 6) is -0.608. The zero-order valence-corrected chi connectivity index (χ0v) is 17.4. The molecule has 1 aromatic heterocycles. The van der Waals surface area contributed by atoms with Crippen molar-refractivity contribution in [3.63, 3.8) is 0 Å². The number of piperidine rings is 1. The number of amides is 2. The van der Waals surface area contributed by atoms with Gasteiger partial charge in [-0.3, -0.25) is 14.5 Å². The lowest BCUT2D eigenvalue weighted by Crippen LogP contribution is -2.50. The summed E-state index contributed by atoms with van der Waals surface area (Å²) in [6.07, 6.45) is 2.97. The Balaban J connectivity index is 1.50. The highest BCUT2D eigenvalue weighted by Gasteiger charge is 2.28. The average Bonchev–Trinajstić information content (AvgIpc) is 3.10. The maximum Gasteiger partial charge on any atom is 0.287 e. The van der Waals surface area contributed by atoms with Gasteiger partial charge in [0.15, 0.2) is 5.76 Å². The van der Waals surface area contributed by atoms with Crippen LogP contribution in [0.4, 0.5) is 10.1 Å². The highest BCUT2D eigenvalue weighted by molar-refractivity contribution is 9.10. The predicted octanol–water partition coefficient (Wildman–Crippen LogP) is 3.71. The Morgan fingerprint density at radius 1 is 1.29 bits per heavy atom. The molecule has 0 spiro atoms. The number of benzene rings is 1. The number of hydrogen-bond donors (Lipinski definition) is 2. The molecular formula is C20H23BrFN3O3. The summed E-state index contributed by atoms with van der Waals surface area (Å²) >= 11 is 3.20. The van der Waals surface area contributed by atoms with Gasteiger partial charge in [-0.25, -0.2) is 4.39 Å². The number of furan rings is 1. The molecule has 2 amide bonds. The maximum atomic E-state index is 13.9. The summed E-state index contributed by atoms with van der Waals surface area (Å²) < 4.78 is 19.8. The molecule has 1 saturated heterocycles. The number of aryl methyl sites for hydroxylation is 1. The molecular weight excluding hydrogens is 429 g/mol. The zero-order valence-electron chi connectivity index (χ0n) is 15.8. The predicted molar refractivity (Wildman–Crippen MR) is 108 cm³/mol. The van der Waals surface area contributed by atoms with E-state index in [2.05, 4.69) is 26.6 Å². The molecule has 150 valence electrons. The molecule has 0 bridgehead atoms. The molecule has 1 unspecified atom stereocenters. The highest BCUT2D eigenvalue weighted by atomic mass is 79.9. The molecule has 2 aromatic rings. The van der Waals surface area contributed by atoms with Gasteiger partial charge < -0.3 is 15.1 Å². The Bertz CT molecular complexity index is 862. The van der Waals surface area contributed by atoms with Crippen molar-refractivity contribution < 1.29 is 18.4 Å². The Morgan fingerprint density at radius 3 is 2.61 bits per heavy atom. The second-order valence-corrected chi connectivity index (χ2v) is 7.92. The molecule has 6 nitrogen and oxygen atoms in total. The lowest BCUT2D eigenvalue weighted by molar-refractivity contribution is -0.121. The van der Waals surface area contributed by atoms with Crippen LogP contribution in [0.2, 0.25) is 0 Å². The standard InChI is InChI=1S/C20H23BrFN3O3/c1-12-7-10-28-18(12)20(27)23-15-5-8-25(9-6-15)13(2)19(26)24-17-4-3-14(21)11-16(17)22/h3-4,7,10-11,13,15H,5-6,8-9H2,1-2H3,(H,23,27)(H,24,26). The third kappa shape index (κ3) is 4.80. The molecule has 0 aliphatic carbocycles. The summed E-state index contributed by atoms with van der Waals surface area (Å²) in [4.78, 5) is 26.8. The fourth-order valence-corrected chi connectivity index (χ4v) is 3.61. The van der Waals surface area contributed by atoms with Gasteiger partial charge in [0.2, 0.25) is 5.91 Å². The lowest BCUT2D eigenvalue weighted by atomic mass is 10.0. The van der Waals surface area contributed by atoms with E-state index in [0.717, 1.165) is 18.4 Å². The van der Waals surface area contributed by atoms with E-state index < -0.39 is 11.9 Å². The molecule has 1 aromatic carbocycles. The minimum Gasteiger partial charge on any atom is -0.459 e. The number of carbonyl (C=O) groups excluding carboxylic acids is 2. The van der Waals surface area contributed by atoms with E-state index in [0.29, 0.717) is 23.3 Å². The molecule has 3 rings (SSSR count). The number of halogens is 2. The van der Waals surface area contributed by atoms with Crippen molar-refractivity contribution in [1.29, 1.82) is 0 Å². The Hall–Kier alpha value is -2.19. The minimum absolute atomic E-state index is 0.0347. The van der Waals surface area contributed by atoms with Crippen LogP contribution in [0.5, 0.6) is 0 Å². The second-order valence-electron chi connectivity index (χ2n) is 7.01. The number of carbonyl (C=O) groups is 2. The van der Waals surface area contributed by atoms with Gasteiger partial charge in [0, 0.05) is 29.2 Å². The van der Waals surface area contributed by atoms with Crippen molar-refractivity contribution in [2.45, 2.75) is 38.8 Å². The van der Waals surface area contributed by atoms with Gasteiger partial charge in [-0.2, -0.15) is 0 Å². The normalized spacial score (nSPS) is 16.6. The summed E-state index contributed by atoms with van der Waals surface area (Å²) in [6.45, 7) is 4.96. The van der Waals surface area contributed by atoms with Gasteiger partial charge in [-0.1, -0.05) is 15.9 Å². The summed E-state index contributed by atoms with van der Waals surface area (Å²) in [7, 11) is 0. The Morgan fingerprint density at radius 2 is 2.00 bits per heavy atom. The van der Waals surface area contributed by atoms with Crippen molar-refractivity contribution in [2.75, 3.05) is 18.4 Å². The first-order chi connectivity index (χ1) is 13.3. The SMILES string of the molecule is Cc1ccoc1C(=O)NC1CCN(C(C)C(=O)Nc2ccc(Br)cc2F)CC1. The number of anilines is 1. The average molecular weight is 452 g/mol. The molecule has 28 heavy (non-hydrogen) atoms. The van der Waals surface area contributed by atoms with Crippen molar-refractivity contribution in [1.82, 2.24) is 10.2 Å². The van der Waals surface area contributed by atoms with E-state index in [9.17, 15) is 14.0 Å². The Labute approximate surface area is 171 Å². The molecule has 8 heteroatoms. The van der Waals surface area contributed by atoms with Crippen LogP contribution in [0.1, 0.15) is 35.9 Å². The molecule has 1 atom stereocenters. The third-order valence-electron chi connectivity index (χ3n) is 5.05. The van der Waals surface area contributed by atoms with E-state index in [-0.39, 0.29) is 23.5 Å². The Kier molecular flexibility index (Phi) is 6.51. The van der Waals surface area contributed by atoms with Gasteiger partial charge in [0.1, 0.15) is 5.82 Å². The minimum atomic E-state index is -0.482. The van der Waals surface area contributed by atoms with Crippen molar-refractivity contribution >= 4 is 33.4 Å². The molecule has 1 fully saturated rings. The first-order valence-corrected chi connectivity index (χ1v) is 9.99. The number of hydrogen-bond acceptors (Lipinski definition) is 4. The fraction of sp³-hybridized carbons (Fsp3) is 0.400. The molecule has 1 aliphatic rings. The highest BCUT2D eigenvalue weighted by Crippen LogP contribution is 2.21. The van der Waals surface area contributed by atoms with E-state index in [1.807, 2.05) is 11.8 Å². The first kappa shape index (κ1) is 20.5. The third-order valence-corrected chi connectivity index (χ3v) is 5.54. The first-order valence-electron chi connectivity index (χ1n) is 9.20. The topological polar surface area (TPSA) is 74.6 Å². The molecule has 1 aliphatic heterocycles. The maximum absolute atomic E-state index is 13.9. The smallest absolute Gasteiger partial charge is 0.287 e. The quantitative estimate of drug-likeness (QED) is 0.726. The zero-order chi connectivity index (χ0) is 20.3. The number of rotatable bonds is 5. The monoisotopic (exact) mass is 451 g/mol. The number of nitrogens with one attached hydrogen (secondary N) is 2. The van der Waals surface area contributed by atoms with Crippen LogP contribution >= 0.6 is 15.9 Å². The van der Waals surface area contributed by atoms with E-state index in [1.54, 1.807) is 19.1 Å². The lowest BCUT2D eigenvalue weighted by Gasteiger charge is -2.35. The second kappa shape index (κ2) is 8.87. The fourth-order valence-electron chi connectivity index (χ4n) is 3.28. The van der Waals surface area contributed by atoms with E-state index >= 15 is 0 Å². The van der Waals surface area contributed by atoms with Crippen molar-refractivity contribution in [2.24, 2.45) is 0 Å². The van der Waals surface area contributed by atoms with Gasteiger partial charge in [0.25, 0.3) is 5.91 Å². The van der Waals surface area contributed by atoms with E-state index in [1.165, 1.54) is 18.4 Å². The van der Waals surface area contributed by atoms with Crippen LogP contribution in [-0.4, -0.2) is 41.9 Å². The van der Waals surface area contributed by atoms with Crippen LogP contribution in [0.15, 0.2) is 39.4 Å². The molecule has 2 N–H and O–H groups in total. The van der Waals surface area contributed by atoms with Gasteiger partial charge in [-0.15, -0.1) is 0 Å². The molecule has 0 radical (unpaired) electrons. The van der Waals surface area contributed by atoms with Gasteiger partial charge in [-0.05, 0) is 51.0 Å². The number of nitrogens with zero attached hydrogens (tertiary/aromatic N) is 1. The van der Waals surface area contributed by atoms with Crippen molar-refractivity contribution in [3.8, 4) is 0 Å². The summed E-state index contributed by atoms with van der Waals surface area (Å²) in [5.41, 5.74) is 0.969. The molecule has 2 heterocycles. The van der Waals surface area contributed by atoms with Gasteiger partial charge in [0.05, 0.1) is 18.0 Å².